The first-order valence-electron chi connectivity index (χ1n) is 13.8. The molecule has 3 N–H and O–H groups in total. The number of carbonyl (C=O) groups excluding carboxylic acids is 2. The van der Waals surface area contributed by atoms with E-state index in [0.717, 1.165) is 41.1 Å². The van der Waals surface area contributed by atoms with Crippen LogP contribution in [-0.4, -0.2) is 35.7 Å². The molecular formula is C31H35F3N4O3+. The summed E-state index contributed by atoms with van der Waals surface area (Å²) in [5, 5.41) is 6.96. The van der Waals surface area contributed by atoms with Gasteiger partial charge in [-0.05, 0) is 60.7 Å². The number of aromatic nitrogens is 1. The number of amidine groups is 1. The third-order valence-electron chi connectivity index (χ3n) is 7.29. The zero-order chi connectivity index (χ0) is 29.6. The van der Waals surface area contributed by atoms with E-state index in [1.165, 1.54) is 18.3 Å². The Labute approximate surface area is 237 Å². The van der Waals surface area contributed by atoms with E-state index >= 15 is 0 Å². The molecule has 10 heteroatoms. The fourth-order valence-electron chi connectivity index (χ4n) is 5.04. The standard InChI is InChI=1S/C31H35F3N4O3/c1-4-20(39)10-6-5-7-13-27(30-35-18-28(38-30)22-11-8-9-12-25(22)31(32,33)34)37-29(40)17-23-19(2)36-26-15-14-21(41-3)16-24(23)26/h8-9,11-12,14-16,18,27,36,38H,4-7,10,13,17H2,1-3H3,(H,37,40)/q+1/t27-/m0/s1. The number of halogens is 3. The summed E-state index contributed by atoms with van der Waals surface area (Å²) in [7, 11) is 1.58. The maximum Gasteiger partial charge on any atom is 0.417 e. The van der Waals surface area contributed by atoms with Gasteiger partial charge >= 0.3 is 12.0 Å². The number of nitrogens with zero attached hydrogens (tertiary/aromatic N) is 1. The Bertz CT molecular complexity index is 1470. The van der Waals surface area contributed by atoms with Gasteiger partial charge in [0.25, 0.3) is 0 Å². The molecule has 2 aromatic carbocycles. The number of rotatable bonds is 13. The molecule has 1 aromatic heterocycles. The highest BCUT2D eigenvalue weighted by Gasteiger charge is 2.38. The number of aryl methyl sites for hydroxylation is 1. The molecule has 0 aliphatic carbocycles. The van der Waals surface area contributed by atoms with Crippen LogP contribution >= 0.6 is 0 Å². The van der Waals surface area contributed by atoms with Crippen LogP contribution in [0.2, 0.25) is 0 Å². The van der Waals surface area contributed by atoms with E-state index in [1.54, 1.807) is 13.2 Å². The number of hydrogen-bond donors (Lipinski definition) is 3. The topological polar surface area (TPSA) is 97.3 Å². The lowest BCUT2D eigenvalue weighted by atomic mass is 10.0. The minimum absolute atomic E-state index is 0.00901. The third-order valence-corrected chi connectivity index (χ3v) is 7.29. The van der Waals surface area contributed by atoms with E-state index < -0.39 is 17.8 Å². The summed E-state index contributed by atoms with van der Waals surface area (Å²) in [5.41, 5.74) is 2.05. The number of aliphatic imine (C=N–C) groups is 1. The Morgan fingerprint density at radius 2 is 1.88 bits per heavy atom. The van der Waals surface area contributed by atoms with Gasteiger partial charge in [0.15, 0.2) is 11.9 Å². The van der Waals surface area contributed by atoms with E-state index in [-0.39, 0.29) is 29.4 Å². The number of fused-ring (bicyclic) bond motifs is 1. The van der Waals surface area contributed by atoms with Crippen LogP contribution in [-0.2, 0) is 22.2 Å². The highest BCUT2D eigenvalue weighted by molar-refractivity contribution is 6.00. The molecule has 0 fully saturated rings. The first kappa shape index (κ1) is 29.9. The Morgan fingerprint density at radius 3 is 2.61 bits per heavy atom. The van der Waals surface area contributed by atoms with Crippen LogP contribution in [0.4, 0.5) is 13.2 Å². The number of unbranched alkanes of at least 4 members (excludes halogenated alkanes) is 2. The van der Waals surface area contributed by atoms with E-state index in [0.29, 0.717) is 37.3 Å². The molecule has 1 radical (unpaired) electrons. The van der Waals surface area contributed by atoms with Crippen molar-refractivity contribution in [3.63, 3.8) is 0 Å². The van der Waals surface area contributed by atoms with Crippen molar-refractivity contribution in [3.8, 4) is 5.75 Å². The number of H-pyrrole nitrogens is 1. The number of ether oxygens (including phenoxy) is 1. The quantitative estimate of drug-likeness (QED) is 0.227. The highest BCUT2D eigenvalue weighted by Crippen LogP contribution is 2.34. The number of ketones is 1. The Hall–Kier alpha value is -4.08. The van der Waals surface area contributed by atoms with Crippen LogP contribution in [0.3, 0.4) is 0 Å². The molecule has 1 amide bonds. The SMILES string of the molecule is CCC(=O)CCCCC[C@H](NC(=O)Cc1c(C)[nH]c2ccc(OC)cc12)C1=[N+]C=C(c2ccccc2C(F)(F)F)N1. The first-order valence-corrected chi connectivity index (χ1v) is 13.8. The van der Waals surface area contributed by atoms with Crippen molar-refractivity contribution >= 4 is 34.1 Å². The molecule has 3 aromatic rings. The van der Waals surface area contributed by atoms with Gasteiger partial charge in [0.1, 0.15) is 17.6 Å². The molecule has 41 heavy (non-hydrogen) atoms. The van der Waals surface area contributed by atoms with E-state index in [1.807, 2.05) is 32.0 Å². The van der Waals surface area contributed by atoms with Crippen molar-refractivity contribution < 1.29 is 27.5 Å². The number of Topliss-reactive ketones (excluding diaryl/α,β-unsaturated/α-hetero) is 1. The third kappa shape index (κ3) is 7.36. The van der Waals surface area contributed by atoms with Gasteiger partial charge < -0.3 is 15.0 Å². The van der Waals surface area contributed by atoms with Gasteiger partial charge in [-0.3, -0.25) is 9.59 Å². The average molecular weight is 569 g/mol. The van der Waals surface area contributed by atoms with Gasteiger partial charge in [0, 0.05) is 35.0 Å². The summed E-state index contributed by atoms with van der Waals surface area (Å²) in [4.78, 5) is 32.7. The lowest BCUT2D eigenvalue weighted by Crippen LogP contribution is -2.47. The molecule has 0 saturated heterocycles. The second kappa shape index (κ2) is 13.1. The molecule has 4 rings (SSSR count). The number of carbonyl (C=O) groups is 2. The van der Waals surface area contributed by atoms with Crippen molar-refractivity contribution in [1.29, 1.82) is 0 Å². The largest absolute Gasteiger partial charge is 0.497 e. The van der Waals surface area contributed by atoms with Crippen molar-refractivity contribution in [2.24, 2.45) is 0 Å². The zero-order valence-electron chi connectivity index (χ0n) is 23.5. The second-order valence-electron chi connectivity index (χ2n) is 10.2. The number of nitrogens with one attached hydrogen (secondary N) is 3. The zero-order valence-corrected chi connectivity index (χ0v) is 23.5. The maximum absolute atomic E-state index is 13.6. The van der Waals surface area contributed by atoms with Crippen LogP contribution in [0.25, 0.3) is 16.6 Å². The summed E-state index contributed by atoms with van der Waals surface area (Å²) < 4.78 is 46.3. The molecule has 2 heterocycles. The lowest BCUT2D eigenvalue weighted by Gasteiger charge is -2.16. The molecule has 7 nitrogen and oxygen atoms in total. The fraction of sp³-hybridized carbons (Fsp3) is 0.387. The number of alkyl halides is 3. The van der Waals surface area contributed by atoms with E-state index in [2.05, 4.69) is 20.6 Å². The number of benzene rings is 2. The molecule has 1 aliphatic rings. The summed E-state index contributed by atoms with van der Waals surface area (Å²) in [6, 6.07) is 10.4. The monoisotopic (exact) mass is 568 g/mol. The minimum atomic E-state index is -4.52. The van der Waals surface area contributed by atoms with Crippen LogP contribution in [0.5, 0.6) is 5.75 Å². The number of aromatic amines is 1. The number of methoxy groups -OCH3 is 1. The normalized spacial score (nSPS) is 13.9. The molecule has 1 aliphatic heterocycles. The Balaban J connectivity index is 1.49. The summed E-state index contributed by atoms with van der Waals surface area (Å²) in [5.74, 6) is 1.03. The second-order valence-corrected chi connectivity index (χ2v) is 10.2. The van der Waals surface area contributed by atoms with Gasteiger partial charge in [-0.15, -0.1) is 0 Å². The molecular weight excluding hydrogens is 533 g/mol. The average Bonchev–Trinajstić information content (AvgIpc) is 3.56. The van der Waals surface area contributed by atoms with Crippen molar-refractivity contribution in [1.82, 2.24) is 20.6 Å². The van der Waals surface area contributed by atoms with Crippen molar-refractivity contribution in [2.75, 3.05) is 7.11 Å². The van der Waals surface area contributed by atoms with Crippen molar-refractivity contribution in [3.05, 3.63) is 71.0 Å². The predicted octanol–water partition coefficient (Wildman–Crippen LogP) is 5.80. The van der Waals surface area contributed by atoms with Gasteiger partial charge in [0.05, 0.1) is 19.1 Å². The van der Waals surface area contributed by atoms with Gasteiger partial charge in [-0.25, -0.2) is 5.32 Å². The molecule has 0 unspecified atom stereocenters. The summed E-state index contributed by atoms with van der Waals surface area (Å²) in [6.45, 7) is 3.74. The van der Waals surface area contributed by atoms with E-state index in [9.17, 15) is 22.8 Å². The smallest absolute Gasteiger partial charge is 0.417 e. The summed E-state index contributed by atoms with van der Waals surface area (Å²) >= 11 is 0. The van der Waals surface area contributed by atoms with Crippen LogP contribution in [0.1, 0.15) is 67.8 Å². The van der Waals surface area contributed by atoms with Crippen LogP contribution < -0.4 is 20.4 Å². The van der Waals surface area contributed by atoms with Gasteiger partial charge in [-0.1, -0.05) is 31.9 Å². The molecule has 217 valence electrons. The minimum Gasteiger partial charge on any atom is -0.497 e. The summed E-state index contributed by atoms with van der Waals surface area (Å²) in [6.07, 6.45) is 0.713. The molecule has 0 saturated carbocycles. The molecule has 0 bridgehead atoms. The van der Waals surface area contributed by atoms with Crippen molar-refractivity contribution in [2.45, 2.75) is 71.0 Å². The Morgan fingerprint density at radius 1 is 1.10 bits per heavy atom. The molecule has 1 atom stereocenters. The predicted molar refractivity (Wildman–Crippen MR) is 153 cm³/mol. The first-order chi connectivity index (χ1) is 19.6. The van der Waals surface area contributed by atoms with Crippen LogP contribution in [0, 0.1) is 6.92 Å². The Kier molecular flexibility index (Phi) is 9.52. The lowest BCUT2D eigenvalue weighted by molar-refractivity contribution is -0.137. The van der Waals surface area contributed by atoms with Gasteiger partial charge in [0.2, 0.25) is 5.91 Å². The van der Waals surface area contributed by atoms with Gasteiger partial charge in [-0.2, -0.15) is 13.2 Å². The van der Waals surface area contributed by atoms with E-state index in [4.69, 9.17) is 4.74 Å². The number of hydrogen-bond acceptors (Lipinski definition) is 5. The number of amides is 1. The highest BCUT2D eigenvalue weighted by atomic mass is 19.4. The fourth-order valence-corrected chi connectivity index (χ4v) is 5.04. The molecule has 0 spiro atoms. The van der Waals surface area contributed by atoms with Crippen LogP contribution in [0.15, 0.2) is 48.7 Å². The maximum atomic E-state index is 13.6.